The van der Waals surface area contributed by atoms with Crippen molar-refractivity contribution >= 4 is 8.32 Å². The van der Waals surface area contributed by atoms with E-state index in [4.69, 9.17) is 4.43 Å². The molecule has 0 saturated carbocycles. The van der Waals surface area contributed by atoms with Crippen LogP contribution in [0.2, 0.25) is 18.1 Å². The topological polar surface area (TPSA) is 9.23 Å². The van der Waals surface area contributed by atoms with Gasteiger partial charge < -0.3 is 4.43 Å². The van der Waals surface area contributed by atoms with Crippen molar-refractivity contribution in [1.29, 1.82) is 0 Å². The Morgan fingerprint density at radius 3 is 2.17 bits per heavy atom. The zero-order valence-electron chi connectivity index (χ0n) is 8.57. The highest BCUT2D eigenvalue weighted by atomic mass is 28.4. The average Bonchev–Trinajstić information content (AvgIpc) is 2.07. The molecule has 0 unspecified atom stereocenters. The molecule has 1 rings (SSSR count). The Balaban J connectivity index is 2.44. The van der Waals surface area contributed by atoms with E-state index in [1.165, 1.54) is 43.8 Å². The van der Waals surface area contributed by atoms with Crippen LogP contribution in [0.15, 0.2) is 0 Å². The Labute approximate surface area is 77.6 Å². The van der Waals surface area contributed by atoms with Crippen molar-refractivity contribution in [2.75, 3.05) is 6.61 Å². The summed E-state index contributed by atoms with van der Waals surface area (Å²) in [7, 11) is -1.18. The van der Waals surface area contributed by atoms with Gasteiger partial charge in [0.1, 0.15) is 0 Å². The van der Waals surface area contributed by atoms with Gasteiger partial charge in [-0.15, -0.1) is 0 Å². The summed E-state index contributed by atoms with van der Waals surface area (Å²) in [5.41, 5.74) is 0. The summed E-state index contributed by atoms with van der Waals surface area (Å²) in [6.07, 6.45) is 5.40. The zero-order valence-corrected chi connectivity index (χ0v) is 9.57. The summed E-state index contributed by atoms with van der Waals surface area (Å²) in [6, 6.07) is 4.25. The third kappa shape index (κ3) is 2.59. The summed E-state index contributed by atoms with van der Waals surface area (Å²) < 4.78 is 6.09. The van der Waals surface area contributed by atoms with Crippen LogP contribution in [0.5, 0.6) is 0 Å². The van der Waals surface area contributed by atoms with Crippen LogP contribution in [-0.4, -0.2) is 14.9 Å². The van der Waals surface area contributed by atoms with E-state index in [1.807, 2.05) is 0 Å². The monoisotopic (exact) mass is 186 g/mol. The molecule has 1 nitrogen and oxygen atoms in total. The number of hydrogen-bond donors (Lipinski definition) is 0. The van der Waals surface area contributed by atoms with E-state index in [1.54, 1.807) is 0 Å². The molecule has 1 saturated heterocycles. The van der Waals surface area contributed by atoms with Gasteiger partial charge in [-0.3, -0.25) is 0 Å². The molecule has 1 aliphatic heterocycles. The van der Waals surface area contributed by atoms with Crippen molar-refractivity contribution in [2.45, 2.75) is 57.7 Å². The largest absolute Gasteiger partial charge is 0.417 e. The maximum absolute atomic E-state index is 6.09. The highest BCUT2D eigenvalue weighted by Crippen LogP contribution is 2.31. The standard InChI is InChI=1S/C10H22OSi/c1-3-8-12(9-4-2)10-6-5-7-11-12/h3-10H2,1-2H3. The number of rotatable bonds is 4. The van der Waals surface area contributed by atoms with Gasteiger partial charge in [0.15, 0.2) is 8.32 Å². The third-order valence-corrected chi connectivity index (χ3v) is 7.75. The lowest BCUT2D eigenvalue weighted by Gasteiger charge is -2.34. The highest BCUT2D eigenvalue weighted by molar-refractivity contribution is 6.73. The summed E-state index contributed by atoms with van der Waals surface area (Å²) in [5.74, 6) is 0. The van der Waals surface area contributed by atoms with Gasteiger partial charge >= 0.3 is 0 Å². The van der Waals surface area contributed by atoms with Crippen LogP contribution in [0, 0.1) is 0 Å². The first-order valence-corrected chi connectivity index (χ1v) is 8.00. The molecule has 1 heterocycles. The van der Waals surface area contributed by atoms with Crippen LogP contribution in [-0.2, 0) is 4.43 Å². The van der Waals surface area contributed by atoms with Crippen LogP contribution < -0.4 is 0 Å². The average molecular weight is 186 g/mol. The van der Waals surface area contributed by atoms with Crippen molar-refractivity contribution in [3.8, 4) is 0 Å². The molecule has 0 aliphatic carbocycles. The SMILES string of the molecule is CCC[Si]1(CCC)CCCCO1. The van der Waals surface area contributed by atoms with Crippen LogP contribution in [0.25, 0.3) is 0 Å². The highest BCUT2D eigenvalue weighted by Gasteiger charge is 2.34. The minimum Gasteiger partial charge on any atom is -0.417 e. The van der Waals surface area contributed by atoms with E-state index in [-0.39, 0.29) is 0 Å². The smallest absolute Gasteiger partial charge is 0.192 e. The number of hydrogen-bond acceptors (Lipinski definition) is 1. The molecule has 2 heteroatoms. The van der Waals surface area contributed by atoms with Crippen molar-refractivity contribution < 1.29 is 4.43 Å². The normalized spacial score (nSPS) is 22.5. The minimum absolute atomic E-state index is 1.06. The second kappa shape index (κ2) is 5.03. The fourth-order valence-corrected chi connectivity index (χ4v) is 6.82. The minimum atomic E-state index is -1.18. The Kier molecular flexibility index (Phi) is 4.30. The second-order valence-corrected chi connectivity index (χ2v) is 8.14. The van der Waals surface area contributed by atoms with Gasteiger partial charge in [-0.25, -0.2) is 0 Å². The van der Waals surface area contributed by atoms with Gasteiger partial charge in [-0.1, -0.05) is 33.1 Å². The summed E-state index contributed by atoms with van der Waals surface area (Å²) in [6.45, 7) is 5.65. The lowest BCUT2D eigenvalue weighted by Crippen LogP contribution is -2.40. The molecule has 12 heavy (non-hydrogen) atoms. The molecule has 0 spiro atoms. The molecule has 0 bridgehead atoms. The van der Waals surface area contributed by atoms with Crippen LogP contribution in [0.3, 0.4) is 0 Å². The van der Waals surface area contributed by atoms with Crippen molar-refractivity contribution in [1.82, 2.24) is 0 Å². The Bertz CT molecular complexity index is 103. The van der Waals surface area contributed by atoms with Crippen molar-refractivity contribution in [2.24, 2.45) is 0 Å². The summed E-state index contributed by atoms with van der Waals surface area (Å²) in [4.78, 5) is 0. The molecule has 0 radical (unpaired) electrons. The van der Waals surface area contributed by atoms with Gasteiger partial charge in [0.05, 0.1) is 0 Å². The summed E-state index contributed by atoms with van der Waals surface area (Å²) >= 11 is 0. The first-order valence-electron chi connectivity index (χ1n) is 5.47. The molecule has 0 aromatic heterocycles. The van der Waals surface area contributed by atoms with Gasteiger partial charge in [-0.2, -0.15) is 0 Å². The van der Waals surface area contributed by atoms with E-state index in [0.717, 1.165) is 6.61 Å². The predicted octanol–water partition coefficient (Wildman–Crippen LogP) is 3.56. The molecule has 1 aliphatic rings. The molecule has 1 fully saturated rings. The molecule has 0 aromatic rings. The molecular weight excluding hydrogens is 164 g/mol. The molecule has 0 amide bonds. The van der Waals surface area contributed by atoms with Crippen molar-refractivity contribution in [3.05, 3.63) is 0 Å². The lowest BCUT2D eigenvalue weighted by molar-refractivity contribution is 0.264. The Morgan fingerprint density at radius 2 is 1.75 bits per heavy atom. The van der Waals surface area contributed by atoms with Gasteiger partial charge in [0.25, 0.3) is 0 Å². The van der Waals surface area contributed by atoms with Gasteiger partial charge in [-0.05, 0) is 24.6 Å². The summed E-state index contributed by atoms with van der Waals surface area (Å²) in [5, 5.41) is 0. The Hall–Kier alpha value is 0.177. The van der Waals surface area contributed by atoms with Gasteiger partial charge in [0.2, 0.25) is 0 Å². The van der Waals surface area contributed by atoms with Crippen LogP contribution >= 0.6 is 0 Å². The van der Waals surface area contributed by atoms with E-state index in [9.17, 15) is 0 Å². The van der Waals surface area contributed by atoms with E-state index in [0.29, 0.717) is 0 Å². The zero-order chi connectivity index (χ0) is 8.86. The van der Waals surface area contributed by atoms with Crippen LogP contribution in [0.1, 0.15) is 39.5 Å². The molecule has 0 aromatic carbocycles. The lowest BCUT2D eigenvalue weighted by atomic mass is 10.4. The Morgan fingerprint density at radius 1 is 1.08 bits per heavy atom. The molecule has 0 atom stereocenters. The fraction of sp³-hybridized carbons (Fsp3) is 1.00. The van der Waals surface area contributed by atoms with E-state index < -0.39 is 8.32 Å². The maximum Gasteiger partial charge on any atom is 0.192 e. The maximum atomic E-state index is 6.09. The first-order chi connectivity index (χ1) is 5.83. The van der Waals surface area contributed by atoms with E-state index in [2.05, 4.69) is 13.8 Å². The quantitative estimate of drug-likeness (QED) is 0.610. The third-order valence-electron chi connectivity index (χ3n) is 2.85. The molecule has 72 valence electrons. The first kappa shape index (κ1) is 10.3. The molecule has 0 N–H and O–H groups in total. The molecular formula is C10H22OSi. The predicted molar refractivity (Wildman–Crippen MR) is 55.9 cm³/mol. The van der Waals surface area contributed by atoms with E-state index >= 15 is 0 Å². The van der Waals surface area contributed by atoms with Gasteiger partial charge in [0, 0.05) is 6.61 Å². The van der Waals surface area contributed by atoms with Crippen molar-refractivity contribution in [3.63, 3.8) is 0 Å². The fourth-order valence-electron chi connectivity index (χ4n) is 2.34. The second-order valence-electron chi connectivity index (χ2n) is 3.99. The van der Waals surface area contributed by atoms with Crippen LogP contribution in [0.4, 0.5) is 0 Å².